The van der Waals surface area contributed by atoms with Gasteiger partial charge in [0.05, 0.1) is 5.56 Å². The van der Waals surface area contributed by atoms with Gasteiger partial charge in [-0.2, -0.15) is 0 Å². The van der Waals surface area contributed by atoms with Crippen molar-refractivity contribution in [1.29, 1.82) is 0 Å². The third-order valence-corrected chi connectivity index (χ3v) is 6.41. The number of aromatic nitrogens is 1. The minimum absolute atomic E-state index is 0.131. The van der Waals surface area contributed by atoms with Crippen LogP contribution in [0.3, 0.4) is 0 Å². The Morgan fingerprint density at radius 1 is 1.35 bits per heavy atom. The van der Waals surface area contributed by atoms with Crippen LogP contribution in [0, 0.1) is 5.92 Å². The second-order valence-corrected chi connectivity index (χ2v) is 9.45. The molecule has 0 bridgehead atoms. The molecule has 2 aromatic rings. The summed E-state index contributed by atoms with van der Waals surface area (Å²) in [5.41, 5.74) is 6.10. The van der Waals surface area contributed by atoms with E-state index in [9.17, 15) is 9.59 Å². The maximum Gasteiger partial charge on any atom is 0.256 e. The highest BCUT2D eigenvalue weighted by molar-refractivity contribution is 7.09. The highest BCUT2D eigenvalue weighted by Crippen LogP contribution is 2.27. The van der Waals surface area contributed by atoms with Crippen LogP contribution < -0.4 is 11.1 Å². The normalized spacial score (nSPS) is 19.1. The summed E-state index contributed by atoms with van der Waals surface area (Å²) in [7, 11) is 0. The lowest BCUT2D eigenvalue weighted by atomic mass is 9.93. The molecule has 3 heterocycles. The molecule has 3 N–H and O–H groups in total. The van der Waals surface area contributed by atoms with Gasteiger partial charge in [0.15, 0.2) is 0 Å². The Bertz CT molecular complexity index is 828. The standard InChI is InChI=1S/C23H33N5O2S/c1-17(2)15-27(16-20-6-4-12-31-20)19-7-11-28(21(13-19)22(29)26-10-8-24)23(30)18-5-3-9-25-14-18/h3-6,9,12,14,17,19,21H,7-8,10-11,13,15-16,24H2,1-2H3,(H,26,29)/t19?,21-/m1/s1. The topological polar surface area (TPSA) is 91.6 Å². The molecule has 0 radical (unpaired) electrons. The van der Waals surface area contributed by atoms with Crippen molar-refractivity contribution in [2.45, 2.75) is 45.3 Å². The van der Waals surface area contributed by atoms with Gasteiger partial charge in [-0.3, -0.25) is 19.5 Å². The quantitative estimate of drug-likeness (QED) is 0.621. The molecule has 0 aliphatic carbocycles. The highest BCUT2D eigenvalue weighted by atomic mass is 32.1. The number of nitrogens with zero attached hydrogens (tertiary/aromatic N) is 3. The van der Waals surface area contributed by atoms with E-state index in [-0.39, 0.29) is 17.9 Å². The number of hydrogen-bond donors (Lipinski definition) is 2. The zero-order valence-corrected chi connectivity index (χ0v) is 19.2. The van der Waals surface area contributed by atoms with E-state index >= 15 is 0 Å². The van der Waals surface area contributed by atoms with Crippen molar-refractivity contribution >= 4 is 23.2 Å². The Morgan fingerprint density at radius 2 is 2.19 bits per heavy atom. The lowest BCUT2D eigenvalue weighted by Crippen LogP contribution is -2.57. The van der Waals surface area contributed by atoms with E-state index < -0.39 is 6.04 Å². The summed E-state index contributed by atoms with van der Waals surface area (Å²) in [5.74, 6) is 0.237. The summed E-state index contributed by atoms with van der Waals surface area (Å²) >= 11 is 1.76. The van der Waals surface area contributed by atoms with Crippen molar-refractivity contribution in [2.75, 3.05) is 26.2 Å². The number of nitrogens with two attached hydrogens (primary N) is 1. The third kappa shape index (κ3) is 6.35. The average molecular weight is 444 g/mol. The van der Waals surface area contributed by atoms with Crippen molar-refractivity contribution in [3.63, 3.8) is 0 Å². The molecule has 3 rings (SSSR count). The number of likely N-dealkylation sites (tertiary alicyclic amines) is 1. The fraction of sp³-hybridized carbons (Fsp3) is 0.522. The van der Waals surface area contributed by atoms with Crippen molar-refractivity contribution in [1.82, 2.24) is 20.1 Å². The number of pyridine rings is 1. The molecule has 8 heteroatoms. The lowest BCUT2D eigenvalue weighted by Gasteiger charge is -2.43. The van der Waals surface area contributed by atoms with E-state index in [4.69, 9.17) is 5.73 Å². The van der Waals surface area contributed by atoms with Crippen LogP contribution >= 0.6 is 11.3 Å². The molecule has 1 fully saturated rings. The van der Waals surface area contributed by atoms with Crippen LogP contribution in [-0.4, -0.2) is 64.9 Å². The van der Waals surface area contributed by atoms with Gasteiger partial charge in [0.2, 0.25) is 5.91 Å². The second kappa shape index (κ2) is 11.4. The number of nitrogens with one attached hydrogen (secondary N) is 1. The predicted octanol–water partition coefficient (Wildman–Crippen LogP) is 2.35. The predicted molar refractivity (Wildman–Crippen MR) is 124 cm³/mol. The first kappa shape index (κ1) is 23.4. The minimum Gasteiger partial charge on any atom is -0.353 e. The van der Waals surface area contributed by atoms with Gasteiger partial charge < -0.3 is 16.0 Å². The maximum atomic E-state index is 13.2. The maximum absolute atomic E-state index is 13.2. The minimum atomic E-state index is -0.518. The Kier molecular flexibility index (Phi) is 8.57. The van der Waals surface area contributed by atoms with Crippen LogP contribution in [-0.2, 0) is 11.3 Å². The van der Waals surface area contributed by atoms with E-state index in [2.05, 4.69) is 46.6 Å². The second-order valence-electron chi connectivity index (χ2n) is 8.42. The Labute approximate surface area is 188 Å². The van der Waals surface area contributed by atoms with E-state index in [1.54, 1.807) is 40.8 Å². The number of carbonyl (C=O) groups excluding carboxylic acids is 2. The van der Waals surface area contributed by atoms with Crippen LogP contribution in [0.1, 0.15) is 41.9 Å². The molecule has 1 aliphatic rings. The van der Waals surface area contributed by atoms with E-state index in [1.165, 1.54) is 4.88 Å². The van der Waals surface area contributed by atoms with Gasteiger partial charge in [0.1, 0.15) is 6.04 Å². The first-order chi connectivity index (χ1) is 15.0. The van der Waals surface area contributed by atoms with E-state index in [0.29, 0.717) is 37.5 Å². The molecule has 2 atom stereocenters. The molecular formula is C23H33N5O2S. The highest BCUT2D eigenvalue weighted by Gasteiger charge is 2.38. The van der Waals surface area contributed by atoms with Gasteiger partial charge in [-0.05, 0) is 42.3 Å². The summed E-state index contributed by atoms with van der Waals surface area (Å²) in [6, 6.07) is 7.44. The first-order valence-electron chi connectivity index (χ1n) is 10.9. The molecular weight excluding hydrogens is 410 g/mol. The molecule has 0 saturated carbocycles. The van der Waals surface area contributed by atoms with Crippen LogP contribution in [0.25, 0.3) is 0 Å². The molecule has 1 saturated heterocycles. The summed E-state index contributed by atoms with van der Waals surface area (Å²) in [4.78, 5) is 35.8. The van der Waals surface area contributed by atoms with Gasteiger partial charge in [-0.25, -0.2) is 0 Å². The van der Waals surface area contributed by atoms with Gasteiger partial charge in [0.25, 0.3) is 5.91 Å². The molecule has 1 unspecified atom stereocenters. The third-order valence-electron chi connectivity index (χ3n) is 5.55. The van der Waals surface area contributed by atoms with Gasteiger partial charge in [0, 0.05) is 56.0 Å². The largest absolute Gasteiger partial charge is 0.353 e. The lowest BCUT2D eigenvalue weighted by molar-refractivity contribution is -0.127. The van der Waals surface area contributed by atoms with Crippen molar-refractivity contribution in [2.24, 2.45) is 11.7 Å². The number of hydrogen-bond acceptors (Lipinski definition) is 6. The van der Waals surface area contributed by atoms with Crippen LogP contribution in [0.2, 0.25) is 0 Å². The summed E-state index contributed by atoms with van der Waals surface area (Å²) in [5, 5.41) is 4.99. The zero-order valence-electron chi connectivity index (χ0n) is 18.4. The summed E-state index contributed by atoms with van der Waals surface area (Å²) in [6.07, 6.45) is 4.65. The summed E-state index contributed by atoms with van der Waals surface area (Å²) in [6.45, 7) is 7.57. The SMILES string of the molecule is CC(C)CN(Cc1cccs1)C1CCN(C(=O)c2cccnc2)[C@@H](C(=O)NCCN)C1. The van der Waals surface area contributed by atoms with Gasteiger partial charge >= 0.3 is 0 Å². The molecule has 0 aromatic carbocycles. The molecule has 7 nitrogen and oxygen atoms in total. The molecule has 2 amide bonds. The van der Waals surface area contributed by atoms with Crippen LogP contribution in [0.15, 0.2) is 42.0 Å². The molecule has 2 aromatic heterocycles. The van der Waals surface area contributed by atoms with E-state index in [0.717, 1.165) is 19.5 Å². The Balaban J connectivity index is 1.80. The Hall–Kier alpha value is -2.29. The number of rotatable bonds is 9. The zero-order chi connectivity index (χ0) is 22.2. The first-order valence-corrected chi connectivity index (χ1v) is 11.8. The number of amides is 2. The Morgan fingerprint density at radius 3 is 2.84 bits per heavy atom. The molecule has 168 valence electrons. The van der Waals surface area contributed by atoms with Gasteiger partial charge in [-0.1, -0.05) is 19.9 Å². The molecule has 1 aliphatic heterocycles. The number of piperidine rings is 1. The molecule has 31 heavy (non-hydrogen) atoms. The van der Waals surface area contributed by atoms with Crippen LogP contribution in [0.5, 0.6) is 0 Å². The number of carbonyl (C=O) groups is 2. The van der Waals surface area contributed by atoms with Crippen LogP contribution in [0.4, 0.5) is 0 Å². The fourth-order valence-corrected chi connectivity index (χ4v) is 4.88. The fourth-order valence-electron chi connectivity index (χ4n) is 4.15. The number of thiophene rings is 1. The monoisotopic (exact) mass is 443 g/mol. The smallest absolute Gasteiger partial charge is 0.256 e. The van der Waals surface area contributed by atoms with Gasteiger partial charge in [-0.15, -0.1) is 11.3 Å². The average Bonchev–Trinajstić information content (AvgIpc) is 3.29. The van der Waals surface area contributed by atoms with Crippen molar-refractivity contribution in [3.05, 3.63) is 52.5 Å². The van der Waals surface area contributed by atoms with Crippen molar-refractivity contribution in [3.8, 4) is 0 Å². The molecule has 0 spiro atoms. The summed E-state index contributed by atoms with van der Waals surface area (Å²) < 4.78 is 0. The van der Waals surface area contributed by atoms with Crippen molar-refractivity contribution < 1.29 is 9.59 Å². The van der Waals surface area contributed by atoms with E-state index in [1.807, 2.05) is 0 Å².